The van der Waals surface area contributed by atoms with Crippen molar-refractivity contribution in [2.75, 3.05) is 13.7 Å². The third-order valence-corrected chi connectivity index (χ3v) is 5.55. The van der Waals surface area contributed by atoms with Gasteiger partial charge in [0.25, 0.3) is 5.91 Å². The van der Waals surface area contributed by atoms with E-state index in [1.807, 2.05) is 6.92 Å². The fraction of sp³-hybridized carbons (Fsp3) is 0.190. The van der Waals surface area contributed by atoms with Gasteiger partial charge in [-0.3, -0.25) is 9.69 Å². The Morgan fingerprint density at radius 3 is 2.59 bits per heavy atom. The zero-order valence-corrected chi connectivity index (χ0v) is 17.5. The van der Waals surface area contributed by atoms with Gasteiger partial charge in [0.05, 0.1) is 18.6 Å². The van der Waals surface area contributed by atoms with Crippen LogP contribution in [-0.2, 0) is 9.59 Å². The second-order valence-electron chi connectivity index (χ2n) is 6.05. The van der Waals surface area contributed by atoms with Gasteiger partial charge in [0.1, 0.15) is 4.32 Å². The summed E-state index contributed by atoms with van der Waals surface area (Å²) in [6.07, 6.45) is 1.67. The Morgan fingerprint density at radius 2 is 1.97 bits per heavy atom. The summed E-state index contributed by atoms with van der Waals surface area (Å²) < 4.78 is 11.0. The maximum absolute atomic E-state index is 13.0. The van der Waals surface area contributed by atoms with Crippen molar-refractivity contribution in [3.05, 3.63) is 64.6 Å². The fourth-order valence-electron chi connectivity index (χ4n) is 2.94. The molecule has 1 aliphatic rings. The molecule has 1 unspecified atom stereocenters. The molecular weight excluding hydrogens is 410 g/mol. The number of carbonyl (C=O) groups is 2. The van der Waals surface area contributed by atoms with Crippen LogP contribution in [0.3, 0.4) is 0 Å². The zero-order chi connectivity index (χ0) is 21.0. The first-order valence-electron chi connectivity index (χ1n) is 8.82. The molecule has 0 bridgehead atoms. The SMILES string of the molecule is CCOc1ccc(/C=C2/SC(=S)N(C(C(=O)O)c3ccccc3)C2=O)cc1OC. The Bertz CT molecular complexity index is 974. The van der Waals surface area contributed by atoms with Crippen LogP contribution in [0.5, 0.6) is 11.5 Å². The number of carboxylic acids is 1. The largest absolute Gasteiger partial charge is 0.493 e. The molecule has 1 aliphatic heterocycles. The number of hydrogen-bond donors (Lipinski definition) is 1. The summed E-state index contributed by atoms with van der Waals surface area (Å²) in [7, 11) is 1.54. The van der Waals surface area contributed by atoms with E-state index in [-0.39, 0.29) is 4.32 Å². The highest BCUT2D eigenvalue weighted by Gasteiger charge is 2.41. The Kier molecular flexibility index (Phi) is 6.56. The summed E-state index contributed by atoms with van der Waals surface area (Å²) in [5.74, 6) is -0.431. The number of methoxy groups -OCH3 is 1. The van der Waals surface area contributed by atoms with Crippen molar-refractivity contribution < 1.29 is 24.2 Å². The molecule has 2 aromatic rings. The Morgan fingerprint density at radius 1 is 1.24 bits per heavy atom. The summed E-state index contributed by atoms with van der Waals surface area (Å²) in [4.78, 5) is 26.4. The molecule has 1 fully saturated rings. The minimum absolute atomic E-state index is 0.204. The van der Waals surface area contributed by atoms with Crippen molar-refractivity contribution in [3.63, 3.8) is 0 Å². The highest BCUT2D eigenvalue weighted by molar-refractivity contribution is 8.26. The van der Waals surface area contributed by atoms with Gasteiger partial charge in [-0.05, 0) is 36.3 Å². The van der Waals surface area contributed by atoms with Crippen LogP contribution in [0.2, 0.25) is 0 Å². The van der Waals surface area contributed by atoms with Gasteiger partial charge in [0.2, 0.25) is 0 Å². The number of amides is 1. The van der Waals surface area contributed by atoms with Gasteiger partial charge in [-0.25, -0.2) is 4.79 Å². The minimum Gasteiger partial charge on any atom is -0.493 e. The second-order valence-corrected chi connectivity index (χ2v) is 7.72. The van der Waals surface area contributed by atoms with Crippen LogP contribution < -0.4 is 9.47 Å². The fourth-order valence-corrected chi connectivity index (χ4v) is 4.25. The molecule has 29 heavy (non-hydrogen) atoms. The van der Waals surface area contributed by atoms with Gasteiger partial charge in [-0.1, -0.05) is 60.4 Å². The molecule has 1 saturated heterocycles. The number of benzene rings is 2. The normalized spacial score (nSPS) is 16.2. The van der Waals surface area contributed by atoms with E-state index in [1.54, 1.807) is 61.7 Å². The van der Waals surface area contributed by atoms with Gasteiger partial charge < -0.3 is 14.6 Å². The number of rotatable bonds is 7. The molecular formula is C21H19NO5S2. The molecule has 6 nitrogen and oxygen atoms in total. The third-order valence-electron chi connectivity index (χ3n) is 4.22. The number of ether oxygens (including phenoxy) is 2. The van der Waals surface area contributed by atoms with Gasteiger partial charge in [0, 0.05) is 0 Å². The van der Waals surface area contributed by atoms with Crippen LogP contribution in [0.25, 0.3) is 6.08 Å². The Balaban J connectivity index is 1.93. The number of aliphatic carboxylic acids is 1. The monoisotopic (exact) mass is 429 g/mol. The van der Waals surface area contributed by atoms with Crippen LogP contribution in [0, 0.1) is 0 Å². The van der Waals surface area contributed by atoms with Gasteiger partial charge in [0.15, 0.2) is 17.5 Å². The van der Waals surface area contributed by atoms with Crippen molar-refractivity contribution in [1.82, 2.24) is 4.90 Å². The van der Waals surface area contributed by atoms with Gasteiger partial charge >= 0.3 is 5.97 Å². The number of carboxylic acid groups (broad SMARTS) is 1. The van der Waals surface area contributed by atoms with E-state index in [0.29, 0.717) is 28.6 Å². The molecule has 0 spiro atoms. The zero-order valence-electron chi connectivity index (χ0n) is 15.8. The van der Waals surface area contributed by atoms with E-state index < -0.39 is 17.9 Å². The van der Waals surface area contributed by atoms with Crippen molar-refractivity contribution in [3.8, 4) is 11.5 Å². The summed E-state index contributed by atoms with van der Waals surface area (Å²) >= 11 is 6.41. The topological polar surface area (TPSA) is 76.1 Å². The number of thiocarbonyl (C=S) groups is 1. The van der Waals surface area contributed by atoms with Crippen LogP contribution in [0.4, 0.5) is 0 Å². The van der Waals surface area contributed by atoms with Crippen molar-refractivity contribution in [2.24, 2.45) is 0 Å². The van der Waals surface area contributed by atoms with Gasteiger partial charge in [-0.2, -0.15) is 0 Å². The lowest BCUT2D eigenvalue weighted by molar-refractivity contribution is -0.145. The first-order chi connectivity index (χ1) is 14.0. The number of nitrogens with zero attached hydrogens (tertiary/aromatic N) is 1. The minimum atomic E-state index is -1.18. The lowest BCUT2D eigenvalue weighted by atomic mass is 10.1. The molecule has 2 aromatic carbocycles. The maximum atomic E-state index is 13.0. The predicted molar refractivity (Wildman–Crippen MR) is 116 cm³/mol. The lowest BCUT2D eigenvalue weighted by Crippen LogP contribution is -2.37. The summed E-state index contributed by atoms with van der Waals surface area (Å²) in [5, 5.41) is 9.74. The Hall–Kier alpha value is -2.84. The smallest absolute Gasteiger partial charge is 0.331 e. The number of thioether (sulfide) groups is 1. The standard InChI is InChI=1S/C21H19NO5S2/c1-3-27-15-10-9-13(11-16(15)26-2)12-17-19(23)22(21(28)29-17)18(20(24)25)14-7-5-4-6-8-14/h4-12,18H,3H2,1-2H3,(H,24,25)/b17-12+. The molecule has 1 atom stereocenters. The number of hydrogen-bond acceptors (Lipinski definition) is 6. The summed E-state index contributed by atoms with van der Waals surface area (Å²) in [6, 6.07) is 12.7. The highest BCUT2D eigenvalue weighted by Crippen LogP contribution is 2.39. The third kappa shape index (κ3) is 4.44. The van der Waals surface area contributed by atoms with E-state index in [2.05, 4.69) is 0 Å². The first-order valence-corrected chi connectivity index (χ1v) is 10.0. The van der Waals surface area contributed by atoms with E-state index >= 15 is 0 Å². The molecule has 1 amide bonds. The van der Waals surface area contributed by atoms with Crippen molar-refractivity contribution in [1.29, 1.82) is 0 Å². The van der Waals surface area contributed by atoms with Crippen LogP contribution in [0.1, 0.15) is 24.1 Å². The first kappa shape index (κ1) is 20.9. The summed E-state index contributed by atoms with van der Waals surface area (Å²) in [6.45, 7) is 2.38. The Labute approximate surface area is 178 Å². The van der Waals surface area contributed by atoms with E-state index in [0.717, 1.165) is 22.2 Å². The van der Waals surface area contributed by atoms with E-state index in [9.17, 15) is 14.7 Å². The van der Waals surface area contributed by atoms with Crippen molar-refractivity contribution >= 4 is 46.3 Å². The van der Waals surface area contributed by atoms with E-state index in [1.165, 1.54) is 0 Å². The molecule has 3 rings (SSSR count). The molecule has 0 radical (unpaired) electrons. The van der Waals surface area contributed by atoms with Gasteiger partial charge in [-0.15, -0.1) is 0 Å². The van der Waals surface area contributed by atoms with Crippen LogP contribution in [-0.4, -0.2) is 39.9 Å². The van der Waals surface area contributed by atoms with E-state index in [4.69, 9.17) is 21.7 Å². The molecule has 0 aromatic heterocycles. The average molecular weight is 430 g/mol. The molecule has 8 heteroatoms. The van der Waals surface area contributed by atoms with Crippen LogP contribution >= 0.6 is 24.0 Å². The lowest BCUT2D eigenvalue weighted by Gasteiger charge is -2.23. The highest BCUT2D eigenvalue weighted by atomic mass is 32.2. The summed E-state index contributed by atoms with van der Waals surface area (Å²) in [5.41, 5.74) is 1.21. The average Bonchev–Trinajstić information content (AvgIpc) is 2.98. The maximum Gasteiger partial charge on any atom is 0.331 e. The molecule has 150 valence electrons. The number of carbonyl (C=O) groups excluding carboxylic acids is 1. The molecule has 1 heterocycles. The molecule has 0 saturated carbocycles. The van der Waals surface area contributed by atoms with Crippen LogP contribution in [0.15, 0.2) is 53.4 Å². The predicted octanol–water partition coefficient (Wildman–Crippen LogP) is 4.12. The molecule has 0 aliphatic carbocycles. The molecule has 1 N–H and O–H groups in total. The second kappa shape index (κ2) is 9.11. The quantitative estimate of drug-likeness (QED) is 0.524. The van der Waals surface area contributed by atoms with Crippen molar-refractivity contribution in [2.45, 2.75) is 13.0 Å².